The molecule has 0 bridgehead atoms. The molecule has 7 nitrogen and oxygen atoms in total. The van der Waals surface area contributed by atoms with Crippen LogP contribution in [0.4, 0.5) is 4.39 Å². The average molecular weight is 386 g/mol. The van der Waals surface area contributed by atoms with Gasteiger partial charge in [0.25, 0.3) is 11.8 Å². The van der Waals surface area contributed by atoms with Gasteiger partial charge in [0.15, 0.2) is 11.6 Å². The Labute approximate surface area is 158 Å². The highest BCUT2D eigenvalue weighted by molar-refractivity contribution is 7.98. The van der Waals surface area contributed by atoms with Crippen LogP contribution in [0.2, 0.25) is 0 Å². The van der Waals surface area contributed by atoms with E-state index in [2.05, 4.69) is 20.8 Å². The third-order valence-corrected chi connectivity index (χ3v) is 4.30. The molecule has 0 aliphatic rings. The van der Waals surface area contributed by atoms with Crippen molar-refractivity contribution in [2.45, 2.75) is 11.9 Å². The summed E-state index contributed by atoms with van der Waals surface area (Å²) in [4.78, 5) is 33.2. The van der Waals surface area contributed by atoms with E-state index in [1.807, 2.05) is 0 Å². The SMILES string of the molecule is CSc1nc(-c2ccco2)nc(C)c1C(=O)NNC(=O)c1ccc(F)cc1. The van der Waals surface area contributed by atoms with Gasteiger partial charge in [0.05, 0.1) is 17.5 Å². The van der Waals surface area contributed by atoms with Gasteiger partial charge in [0.2, 0.25) is 0 Å². The minimum absolute atomic E-state index is 0.211. The van der Waals surface area contributed by atoms with E-state index in [9.17, 15) is 14.0 Å². The van der Waals surface area contributed by atoms with E-state index < -0.39 is 17.6 Å². The van der Waals surface area contributed by atoms with Gasteiger partial charge in [-0.05, 0) is 49.6 Å². The third-order valence-electron chi connectivity index (χ3n) is 3.61. The van der Waals surface area contributed by atoms with Crippen LogP contribution in [0.3, 0.4) is 0 Å². The summed E-state index contributed by atoms with van der Waals surface area (Å²) in [5.74, 6) is -0.721. The van der Waals surface area contributed by atoms with E-state index in [0.29, 0.717) is 22.3 Å². The van der Waals surface area contributed by atoms with Gasteiger partial charge in [-0.3, -0.25) is 20.4 Å². The summed E-state index contributed by atoms with van der Waals surface area (Å²) in [6.45, 7) is 1.67. The number of nitrogens with one attached hydrogen (secondary N) is 2. The Kier molecular flexibility index (Phi) is 5.51. The first-order chi connectivity index (χ1) is 13.0. The fourth-order valence-electron chi connectivity index (χ4n) is 2.32. The highest BCUT2D eigenvalue weighted by Gasteiger charge is 2.20. The molecule has 0 spiro atoms. The second-order valence-electron chi connectivity index (χ2n) is 5.41. The molecule has 3 rings (SSSR count). The Hall–Kier alpha value is -3.20. The van der Waals surface area contributed by atoms with Gasteiger partial charge < -0.3 is 4.42 Å². The van der Waals surface area contributed by atoms with Gasteiger partial charge in [-0.1, -0.05) is 0 Å². The molecule has 1 aromatic carbocycles. The molecule has 0 radical (unpaired) electrons. The minimum atomic E-state index is -0.570. The first-order valence-corrected chi connectivity index (χ1v) is 9.05. The smallest absolute Gasteiger partial charge is 0.274 e. The molecule has 27 heavy (non-hydrogen) atoms. The summed E-state index contributed by atoms with van der Waals surface area (Å²) in [6.07, 6.45) is 3.29. The molecule has 2 N–H and O–H groups in total. The van der Waals surface area contributed by atoms with Crippen LogP contribution in [0, 0.1) is 12.7 Å². The zero-order valence-corrected chi connectivity index (χ0v) is 15.3. The standard InChI is InChI=1S/C18H15FN4O3S/c1-10-14(18(27-2)21-15(20-10)13-4-3-9-26-13)17(25)23-22-16(24)11-5-7-12(19)8-6-11/h3-9H,1-2H3,(H,22,24)(H,23,25). The van der Waals surface area contributed by atoms with E-state index in [1.165, 1.54) is 30.2 Å². The van der Waals surface area contributed by atoms with Crippen LogP contribution in [-0.4, -0.2) is 28.0 Å². The zero-order valence-electron chi connectivity index (χ0n) is 14.4. The van der Waals surface area contributed by atoms with Crippen LogP contribution in [-0.2, 0) is 0 Å². The van der Waals surface area contributed by atoms with E-state index in [-0.39, 0.29) is 11.1 Å². The number of nitrogens with zero attached hydrogens (tertiary/aromatic N) is 2. The van der Waals surface area contributed by atoms with Crippen molar-refractivity contribution in [1.29, 1.82) is 0 Å². The van der Waals surface area contributed by atoms with E-state index in [0.717, 1.165) is 12.1 Å². The van der Waals surface area contributed by atoms with Crippen molar-refractivity contribution >= 4 is 23.6 Å². The number of thioether (sulfide) groups is 1. The first kappa shape index (κ1) is 18.6. The molecule has 2 amide bonds. The lowest BCUT2D eigenvalue weighted by molar-refractivity contribution is 0.0844. The van der Waals surface area contributed by atoms with Crippen molar-refractivity contribution < 1.29 is 18.4 Å². The number of hydrogen-bond donors (Lipinski definition) is 2. The van der Waals surface area contributed by atoms with Gasteiger partial charge in [-0.2, -0.15) is 0 Å². The summed E-state index contributed by atoms with van der Waals surface area (Å²) in [5, 5.41) is 0.447. The molecule has 0 unspecified atom stereocenters. The quantitative estimate of drug-likeness (QED) is 0.406. The maximum absolute atomic E-state index is 12.9. The van der Waals surface area contributed by atoms with E-state index in [1.54, 1.807) is 25.3 Å². The molecule has 0 fully saturated rings. The number of furan rings is 1. The normalized spacial score (nSPS) is 10.5. The monoisotopic (exact) mass is 386 g/mol. The Morgan fingerprint density at radius 1 is 1.07 bits per heavy atom. The number of aromatic nitrogens is 2. The number of rotatable bonds is 4. The molecule has 0 atom stereocenters. The molecule has 0 saturated heterocycles. The largest absolute Gasteiger partial charge is 0.461 e. The molecule has 138 valence electrons. The Balaban J connectivity index is 1.78. The number of halogens is 1. The number of hydrazine groups is 1. The van der Waals surface area contributed by atoms with Crippen molar-refractivity contribution in [3.8, 4) is 11.6 Å². The lowest BCUT2D eigenvalue weighted by Crippen LogP contribution is -2.42. The van der Waals surface area contributed by atoms with Gasteiger partial charge >= 0.3 is 0 Å². The Morgan fingerprint density at radius 2 is 1.78 bits per heavy atom. The number of benzene rings is 1. The number of amides is 2. The van der Waals surface area contributed by atoms with Crippen LogP contribution in [0.15, 0.2) is 52.1 Å². The molecule has 0 aliphatic heterocycles. The van der Waals surface area contributed by atoms with Crippen LogP contribution in [0.25, 0.3) is 11.6 Å². The summed E-state index contributed by atoms with van der Waals surface area (Å²) in [7, 11) is 0. The molecule has 9 heteroatoms. The second kappa shape index (κ2) is 8.00. The van der Waals surface area contributed by atoms with Gasteiger partial charge in [-0.25, -0.2) is 14.4 Å². The topological polar surface area (TPSA) is 97.1 Å². The Morgan fingerprint density at radius 3 is 2.41 bits per heavy atom. The van der Waals surface area contributed by atoms with Crippen LogP contribution in [0.1, 0.15) is 26.4 Å². The maximum Gasteiger partial charge on any atom is 0.274 e. The Bertz CT molecular complexity index is 975. The van der Waals surface area contributed by atoms with Crippen LogP contribution >= 0.6 is 11.8 Å². The van der Waals surface area contributed by atoms with Gasteiger partial charge in [0, 0.05) is 5.56 Å². The fourth-order valence-corrected chi connectivity index (χ4v) is 2.94. The number of aryl methyl sites for hydroxylation is 1. The highest BCUT2D eigenvalue weighted by Crippen LogP contribution is 2.24. The number of hydrogen-bond acceptors (Lipinski definition) is 6. The lowest BCUT2D eigenvalue weighted by Gasteiger charge is -2.12. The van der Waals surface area contributed by atoms with Gasteiger partial charge in [-0.15, -0.1) is 11.8 Å². The number of carbonyl (C=O) groups is 2. The van der Waals surface area contributed by atoms with Crippen molar-refractivity contribution in [2.75, 3.05) is 6.26 Å². The molecule has 0 saturated carbocycles. The third kappa shape index (κ3) is 4.14. The maximum atomic E-state index is 12.9. The summed E-state index contributed by atoms with van der Waals surface area (Å²) < 4.78 is 18.2. The summed E-state index contributed by atoms with van der Waals surface area (Å²) in [6, 6.07) is 8.40. The van der Waals surface area contributed by atoms with E-state index >= 15 is 0 Å². The summed E-state index contributed by atoms with van der Waals surface area (Å²) >= 11 is 1.27. The molecular weight excluding hydrogens is 371 g/mol. The van der Waals surface area contributed by atoms with Crippen LogP contribution < -0.4 is 10.9 Å². The van der Waals surface area contributed by atoms with Crippen LogP contribution in [0.5, 0.6) is 0 Å². The zero-order chi connectivity index (χ0) is 19.4. The highest BCUT2D eigenvalue weighted by atomic mass is 32.2. The fraction of sp³-hybridized carbons (Fsp3) is 0.111. The van der Waals surface area contributed by atoms with Crippen molar-refractivity contribution in [3.05, 3.63) is 65.3 Å². The predicted molar refractivity (Wildman–Crippen MR) is 97.6 cm³/mol. The molecule has 2 aromatic heterocycles. The molecular formula is C18H15FN4O3S. The van der Waals surface area contributed by atoms with E-state index in [4.69, 9.17) is 4.42 Å². The van der Waals surface area contributed by atoms with Crippen molar-refractivity contribution in [3.63, 3.8) is 0 Å². The second-order valence-corrected chi connectivity index (χ2v) is 6.20. The minimum Gasteiger partial charge on any atom is -0.461 e. The average Bonchev–Trinajstić information content (AvgIpc) is 3.20. The predicted octanol–water partition coefficient (Wildman–Crippen LogP) is 2.98. The molecule has 3 aromatic rings. The van der Waals surface area contributed by atoms with Gasteiger partial charge in [0.1, 0.15) is 10.8 Å². The summed E-state index contributed by atoms with van der Waals surface area (Å²) in [5.41, 5.74) is 5.52. The number of carbonyl (C=O) groups excluding carboxylic acids is 2. The van der Waals surface area contributed by atoms with Crippen molar-refractivity contribution in [2.24, 2.45) is 0 Å². The first-order valence-electron chi connectivity index (χ1n) is 7.82. The lowest BCUT2D eigenvalue weighted by atomic mass is 10.2. The van der Waals surface area contributed by atoms with Crippen molar-refractivity contribution in [1.82, 2.24) is 20.8 Å². The molecule has 2 heterocycles. The molecule has 0 aliphatic carbocycles.